The van der Waals surface area contributed by atoms with E-state index < -0.39 is 0 Å². The van der Waals surface area contributed by atoms with E-state index in [0.29, 0.717) is 37.6 Å². The van der Waals surface area contributed by atoms with Crippen molar-refractivity contribution in [2.24, 2.45) is 0 Å². The van der Waals surface area contributed by atoms with Gasteiger partial charge >= 0.3 is 6.03 Å². The van der Waals surface area contributed by atoms with Gasteiger partial charge in [-0.25, -0.2) is 9.78 Å². The van der Waals surface area contributed by atoms with Gasteiger partial charge in [-0.15, -0.1) is 11.3 Å². The molecule has 0 bridgehead atoms. The highest BCUT2D eigenvalue weighted by molar-refractivity contribution is 7.09. The molecule has 1 aromatic carbocycles. The maximum Gasteiger partial charge on any atom is 0.322 e. The number of urea groups is 1. The Morgan fingerprint density at radius 3 is 3.11 bits per heavy atom. The molecule has 8 nitrogen and oxygen atoms in total. The van der Waals surface area contributed by atoms with Gasteiger partial charge in [0.25, 0.3) is 0 Å². The zero-order chi connectivity index (χ0) is 19.9. The average molecular weight is 399 g/mol. The Hall–Kier alpha value is -2.96. The summed E-state index contributed by atoms with van der Waals surface area (Å²) in [5.74, 6) is -0.0741. The van der Waals surface area contributed by atoms with Crippen LogP contribution in [0.3, 0.4) is 0 Å². The van der Waals surface area contributed by atoms with E-state index in [0.717, 1.165) is 5.01 Å². The van der Waals surface area contributed by atoms with Gasteiger partial charge in [-0.1, -0.05) is 6.07 Å². The number of nitrogens with zero attached hydrogens (tertiary/aromatic N) is 4. The van der Waals surface area contributed by atoms with Gasteiger partial charge in [0.05, 0.1) is 37.4 Å². The first kappa shape index (κ1) is 19.8. The molecule has 0 aliphatic carbocycles. The van der Waals surface area contributed by atoms with Gasteiger partial charge in [-0.3, -0.25) is 4.79 Å². The Morgan fingerprint density at radius 2 is 2.36 bits per heavy atom. The number of nitriles is 1. The second-order valence-electron chi connectivity index (χ2n) is 6.42. The van der Waals surface area contributed by atoms with Gasteiger partial charge < -0.3 is 19.9 Å². The molecule has 3 rings (SSSR count). The summed E-state index contributed by atoms with van der Waals surface area (Å²) in [6, 6.07) is 8.11. The lowest BCUT2D eigenvalue weighted by Gasteiger charge is -2.36. The van der Waals surface area contributed by atoms with Crippen LogP contribution < -0.4 is 5.32 Å². The van der Waals surface area contributed by atoms with Crippen molar-refractivity contribution in [1.29, 1.82) is 5.26 Å². The fourth-order valence-electron chi connectivity index (χ4n) is 2.93. The molecule has 0 unspecified atom stereocenters. The number of hydrogen-bond acceptors (Lipinski definition) is 6. The molecule has 1 N–H and O–H groups in total. The number of carbonyl (C=O) groups is 2. The van der Waals surface area contributed by atoms with E-state index >= 15 is 0 Å². The second kappa shape index (κ2) is 9.30. The number of amides is 3. The van der Waals surface area contributed by atoms with Crippen LogP contribution in [0, 0.1) is 11.3 Å². The number of morpholine rings is 1. The van der Waals surface area contributed by atoms with E-state index in [4.69, 9.17) is 10.00 Å². The third-order valence-electron chi connectivity index (χ3n) is 4.42. The number of nitrogens with one attached hydrogen (secondary N) is 1. The summed E-state index contributed by atoms with van der Waals surface area (Å²) < 4.78 is 5.49. The molecule has 3 amide bonds. The van der Waals surface area contributed by atoms with Crippen molar-refractivity contribution in [3.05, 3.63) is 46.4 Å². The van der Waals surface area contributed by atoms with Gasteiger partial charge in [0.15, 0.2) is 0 Å². The molecule has 0 radical (unpaired) electrons. The SMILES string of the molecule is CN(Cc1nccs1)C(=O)C[C@H]1COCCN1C(=O)Nc1cccc(C#N)c1. The molecule has 1 aliphatic rings. The van der Waals surface area contributed by atoms with Crippen molar-refractivity contribution in [3.63, 3.8) is 0 Å². The van der Waals surface area contributed by atoms with Crippen molar-refractivity contribution in [2.75, 3.05) is 32.1 Å². The summed E-state index contributed by atoms with van der Waals surface area (Å²) in [4.78, 5) is 32.8. The van der Waals surface area contributed by atoms with Crippen LogP contribution in [0.1, 0.15) is 17.0 Å². The van der Waals surface area contributed by atoms with Gasteiger partial charge in [0.1, 0.15) is 5.01 Å². The zero-order valence-electron chi connectivity index (χ0n) is 15.5. The largest absolute Gasteiger partial charge is 0.377 e. The van der Waals surface area contributed by atoms with E-state index in [9.17, 15) is 9.59 Å². The number of benzene rings is 1. The van der Waals surface area contributed by atoms with Crippen LogP contribution in [-0.4, -0.2) is 59.6 Å². The quantitative estimate of drug-likeness (QED) is 0.832. The molecule has 1 saturated heterocycles. The Labute approximate surface area is 167 Å². The zero-order valence-corrected chi connectivity index (χ0v) is 16.3. The minimum absolute atomic E-state index is 0.0741. The smallest absolute Gasteiger partial charge is 0.322 e. The lowest BCUT2D eigenvalue weighted by atomic mass is 10.1. The third kappa shape index (κ3) is 5.06. The normalized spacial score (nSPS) is 16.3. The van der Waals surface area contributed by atoms with Crippen LogP contribution in [0.5, 0.6) is 0 Å². The molecule has 0 saturated carbocycles. The number of ether oxygens (including phenoxy) is 1. The van der Waals surface area contributed by atoms with Gasteiger partial charge in [-0.2, -0.15) is 5.26 Å². The number of aromatic nitrogens is 1. The van der Waals surface area contributed by atoms with Crippen LogP contribution in [0.4, 0.5) is 10.5 Å². The number of carbonyl (C=O) groups excluding carboxylic acids is 2. The topological polar surface area (TPSA) is 98.6 Å². The first-order valence-corrected chi connectivity index (χ1v) is 9.72. The highest BCUT2D eigenvalue weighted by Gasteiger charge is 2.30. The number of hydrogen-bond donors (Lipinski definition) is 1. The maximum absolute atomic E-state index is 12.7. The average Bonchev–Trinajstić information content (AvgIpc) is 3.21. The van der Waals surface area contributed by atoms with Gasteiger partial charge in [0.2, 0.25) is 5.91 Å². The number of thiazole rings is 1. The van der Waals surface area contributed by atoms with Gasteiger partial charge in [-0.05, 0) is 18.2 Å². The van der Waals surface area contributed by atoms with E-state index in [1.807, 2.05) is 11.4 Å². The van der Waals surface area contributed by atoms with Crippen molar-refractivity contribution in [1.82, 2.24) is 14.8 Å². The van der Waals surface area contributed by atoms with Crippen molar-refractivity contribution < 1.29 is 14.3 Å². The van der Waals surface area contributed by atoms with Crippen LogP contribution >= 0.6 is 11.3 Å². The predicted molar refractivity (Wildman–Crippen MR) is 105 cm³/mol. The van der Waals surface area contributed by atoms with Crippen LogP contribution in [0.25, 0.3) is 0 Å². The second-order valence-corrected chi connectivity index (χ2v) is 7.40. The first-order chi connectivity index (χ1) is 13.6. The number of anilines is 1. The molecule has 1 fully saturated rings. The maximum atomic E-state index is 12.7. The Morgan fingerprint density at radius 1 is 1.50 bits per heavy atom. The molecule has 1 atom stereocenters. The fraction of sp³-hybridized carbons (Fsp3) is 0.368. The van der Waals surface area contributed by atoms with Crippen LogP contribution in [0.15, 0.2) is 35.8 Å². The van der Waals surface area contributed by atoms with Gasteiger partial charge in [0, 0.05) is 37.3 Å². The summed E-state index contributed by atoms with van der Waals surface area (Å²) in [5, 5.41) is 14.5. The fourth-order valence-corrected chi connectivity index (χ4v) is 3.60. The minimum Gasteiger partial charge on any atom is -0.377 e. The van der Waals surface area contributed by atoms with Crippen molar-refractivity contribution in [2.45, 2.75) is 19.0 Å². The molecule has 2 aromatic rings. The minimum atomic E-state index is -0.348. The molecule has 9 heteroatoms. The molecular formula is C19H21N5O3S. The molecular weight excluding hydrogens is 378 g/mol. The standard InChI is InChI=1S/C19H21N5O3S/c1-23(12-17-21-5-8-28-17)18(25)10-16-13-27-7-6-24(16)19(26)22-15-4-2-3-14(9-15)11-20/h2-5,8-9,16H,6-7,10,12-13H2,1H3,(H,22,26)/t16-/m0/s1. The van der Waals surface area contributed by atoms with Crippen molar-refractivity contribution in [3.8, 4) is 6.07 Å². The van der Waals surface area contributed by atoms with Crippen LogP contribution in [-0.2, 0) is 16.1 Å². The molecule has 28 heavy (non-hydrogen) atoms. The lowest BCUT2D eigenvalue weighted by molar-refractivity contribution is -0.132. The first-order valence-electron chi connectivity index (χ1n) is 8.84. The third-order valence-corrected chi connectivity index (χ3v) is 5.19. The molecule has 0 spiro atoms. The Bertz CT molecular complexity index is 865. The number of rotatable bonds is 5. The summed E-state index contributed by atoms with van der Waals surface area (Å²) in [6.07, 6.45) is 1.88. The summed E-state index contributed by atoms with van der Waals surface area (Å²) in [5.41, 5.74) is 1.01. The Balaban J connectivity index is 1.61. The van der Waals surface area contributed by atoms with E-state index in [2.05, 4.69) is 10.3 Å². The highest BCUT2D eigenvalue weighted by Crippen LogP contribution is 2.17. The van der Waals surface area contributed by atoms with Crippen LogP contribution in [0.2, 0.25) is 0 Å². The molecule has 2 heterocycles. The van der Waals surface area contributed by atoms with E-state index in [1.165, 1.54) is 11.3 Å². The van der Waals surface area contributed by atoms with E-state index in [1.54, 1.807) is 47.3 Å². The Kier molecular flexibility index (Phi) is 6.57. The lowest BCUT2D eigenvalue weighted by Crippen LogP contribution is -2.52. The summed E-state index contributed by atoms with van der Waals surface area (Å²) in [7, 11) is 1.73. The molecule has 1 aromatic heterocycles. The van der Waals surface area contributed by atoms with E-state index in [-0.39, 0.29) is 24.4 Å². The molecule has 146 valence electrons. The highest BCUT2D eigenvalue weighted by atomic mass is 32.1. The van der Waals surface area contributed by atoms with Crippen molar-refractivity contribution >= 4 is 29.0 Å². The summed E-state index contributed by atoms with van der Waals surface area (Å²) >= 11 is 1.50. The molecule has 1 aliphatic heterocycles. The summed E-state index contributed by atoms with van der Waals surface area (Å²) in [6.45, 7) is 1.57. The monoisotopic (exact) mass is 399 g/mol. The predicted octanol–water partition coefficient (Wildman–Crippen LogP) is 2.30.